The van der Waals surface area contributed by atoms with Gasteiger partial charge in [0.25, 0.3) is 5.91 Å². The van der Waals surface area contributed by atoms with Gasteiger partial charge in [-0.2, -0.15) is 5.26 Å². The molecule has 2 rings (SSSR count). The minimum absolute atomic E-state index is 0.0590. The molecule has 0 saturated carbocycles. The summed E-state index contributed by atoms with van der Waals surface area (Å²) in [6.45, 7) is 2.37. The Labute approximate surface area is 127 Å². The zero-order valence-electron chi connectivity index (χ0n) is 11.5. The molecular weight excluding hydrogens is 284 g/mol. The number of thiophene rings is 1. The van der Waals surface area contributed by atoms with Crippen molar-refractivity contribution in [3.63, 3.8) is 0 Å². The van der Waals surface area contributed by atoms with Gasteiger partial charge in [0.1, 0.15) is 17.4 Å². The molecule has 0 aliphatic carbocycles. The molecule has 0 spiro atoms. The van der Waals surface area contributed by atoms with Crippen molar-refractivity contribution in [2.45, 2.75) is 6.92 Å². The molecule has 5 heteroatoms. The number of hydrogen-bond acceptors (Lipinski definition) is 4. The highest BCUT2D eigenvalue weighted by molar-refractivity contribution is 7.10. The maximum absolute atomic E-state index is 12.2. The van der Waals surface area contributed by atoms with Crippen LogP contribution >= 0.6 is 11.3 Å². The highest BCUT2D eigenvalue weighted by atomic mass is 32.1. The summed E-state index contributed by atoms with van der Waals surface area (Å²) in [7, 11) is 0. The van der Waals surface area contributed by atoms with Crippen molar-refractivity contribution in [2.24, 2.45) is 0 Å². The summed E-state index contributed by atoms with van der Waals surface area (Å²) in [5, 5.41) is 13.7. The Balaban J connectivity index is 2.19. The number of nitriles is 1. The van der Waals surface area contributed by atoms with E-state index in [0.29, 0.717) is 18.0 Å². The molecular formula is C16H14N2O2S. The van der Waals surface area contributed by atoms with Gasteiger partial charge >= 0.3 is 0 Å². The molecule has 0 saturated heterocycles. The van der Waals surface area contributed by atoms with Crippen LogP contribution in [0.25, 0.3) is 6.08 Å². The summed E-state index contributed by atoms with van der Waals surface area (Å²) in [4.78, 5) is 13.0. The third-order valence-corrected chi connectivity index (χ3v) is 3.45. The van der Waals surface area contributed by atoms with Crippen LogP contribution in [-0.4, -0.2) is 12.5 Å². The number of benzene rings is 1. The number of nitrogens with one attached hydrogen (secondary N) is 1. The van der Waals surface area contributed by atoms with Crippen LogP contribution in [-0.2, 0) is 4.79 Å². The fourth-order valence-electron chi connectivity index (χ4n) is 1.71. The Kier molecular flexibility index (Phi) is 5.13. The number of nitrogens with zero attached hydrogens (tertiary/aromatic N) is 1. The van der Waals surface area contributed by atoms with E-state index >= 15 is 0 Å². The second-order valence-electron chi connectivity index (χ2n) is 4.07. The van der Waals surface area contributed by atoms with E-state index in [1.807, 2.05) is 36.6 Å². The van der Waals surface area contributed by atoms with E-state index in [1.54, 1.807) is 24.3 Å². The molecule has 1 heterocycles. The summed E-state index contributed by atoms with van der Waals surface area (Å²) < 4.78 is 5.44. The first-order valence-electron chi connectivity index (χ1n) is 6.43. The van der Waals surface area contributed by atoms with Crippen LogP contribution in [0.4, 0.5) is 5.69 Å². The molecule has 1 aromatic heterocycles. The standard InChI is InChI=1S/C16H14N2O2S/c1-2-20-15-8-4-3-7-14(15)18-16(19)12(11-17)10-13-6-5-9-21-13/h3-10H,2H2,1H3,(H,18,19)/b12-10+. The molecule has 0 aliphatic rings. The lowest BCUT2D eigenvalue weighted by atomic mass is 10.2. The largest absolute Gasteiger partial charge is 0.492 e. The molecule has 106 valence electrons. The molecule has 0 atom stereocenters. The second kappa shape index (κ2) is 7.27. The zero-order valence-corrected chi connectivity index (χ0v) is 12.3. The van der Waals surface area contributed by atoms with Gasteiger partial charge in [-0.3, -0.25) is 4.79 Å². The average molecular weight is 298 g/mol. The van der Waals surface area contributed by atoms with Crippen LogP contribution < -0.4 is 10.1 Å². The van der Waals surface area contributed by atoms with Crippen molar-refractivity contribution in [2.75, 3.05) is 11.9 Å². The van der Waals surface area contributed by atoms with Gasteiger partial charge in [-0.1, -0.05) is 18.2 Å². The summed E-state index contributed by atoms with van der Waals surface area (Å²) in [5.74, 6) is 0.139. The quantitative estimate of drug-likeness (QED) is 0.676. The molecule has 2 aromatic rings. The van der Waals surface area contributed by atoms with Crippen LogP contribution in [0, 0.1) is 11.3 Å². The zero-order chi connectivity index (χ0) is 15.1. The molecule has 0 radical (unpaired) electrons. The van der Waals surface area contributed by atoms with Crippen molar-refractivity contribution in [1.82, 2.24) is 0 Å². The van der Waals surface area contributed by atoms with Gasteiger partial charge in [0.15, 0.2) is 0 Å². The first-order chi connectivity index (χ1) is 10.2. The SMILES string of the molecule is CCOc1ccccc1NC(=O)/C(C#N)=C/c1cccs1. The lowest BCUT2D eigenvalue weighted by Crippen LogP contribution is -2.14. The van der Waals surface area contributed by atoms with Crippen molar-refractivity contribution in [3.05, 3.63) is 52.2 Å². The molecule has 0 fully saturated rings. The first kappa shape index (κ1) is 14.8. The molecule has 1 N–H and O–H groups in total. The van der Waals surface area contributed by atoms with Crippen molar-refractivity contribution >= 4 is 29.0 Å². The van der Waals surface area contributed by atoms with Gasteiger partial charge in [-0.05, 0) is 36.6 Å². The maximum atomic E-state index is 12.2. The Morgan fingerprint density at radius 1 is 1.38 bits per heavy atom. The minimum Gasteiger partial charge on any atom is -0.492 e. The molecule has 21 heavy (non-hydrogen) atoms. The second-order valence-corrected chi connectivity index (χ2v) is 5.05. The number of carbonyl (C=O) groups is 1. The van der Waals surface area contributed by atoms with Crippen LogP contribution in [0.5, 0.6) is 5.75 Å². The topological polar surface area (TPSA) is 62.1 Å². The fourth-order valence-corrected chi connectivity index (χ4v) is 2.36. The van der Waals surface area contributed by atoms with Crippen LogP contribution in [0.1, 0.15) is 11.8 Å². The van der Waals surface area contributed by atoms with Gasteiger partial charge in [-0.25, -0.2) is 0 Å². The Bertz CT molecular complexity index is 685. The molecule has 0 unspecified atom stereocenters. The van der Waals surface area contributed by atoms with E-state index in [0.717, 1.165) is 4.88 Å². The summed E-state index contributed by atoms with van der Waals surface area (Å²) >= 11 is 1.47. The lowest BCUT2D eigenvalue weighted by molar-refractivity contribution is -0.112. The van der Waals surface area contributed by atoms with Gasteiger partial charge in [0.05, 0.1) is 12.3 Å². The van der Waals surface area contributed by atoms with Gasteiger partial charge in [-0.15, -0.1) is 11.3 Å². The molecule has 4 nitrogen and oxygen atoms in total. The Morgan fingerprint density at radius 3 is 2.86 bits per heavy atom. The summed E-state index contributed by atoms with van der Waals surface area (Å²) in [5.41, 5.74) is 0.612. The predicted molar refractivity (Wildman–Crippen MR) is 84.1 cm³/mol. The number of amides is 1. The highest BCUT2D eigenvalue weighted by Crippen LogP contribution is 2.24. The highest BCUT2D eigenvalue weighted by Gasteiger charge is 2.12. The van der Waals surface area contributed by atoms with Crippen molar-refractivity contribution in [1.29, 1.82) is 5.26 Å². The monoisotopic (exact) mass is 298 g/mol. The molecule has 0 bridgehead atoms. The van der Waals surface area contributed by atoms with E-state index < -0.39 is 5.91 Å². The van der Waals surface area contributed by atoms with Crippen LogP contribution in [0.2, 0.25) is 0 Å². The smallest absolute Gasteiger partial charge is 0.266 e. The van der Waals surface area contributed by atoms with Crippen LogP contribution in [0.3, 0.4) is 0 Å². The minimum atomic E-state index is -0.446. The summed E-state index contributed by atoms with van der Waals surface area (Å²) in [6, 6.07) is 12.8. The van der Waals surface area contributed by atoms with Gasteiger partial charge in [0, 0.05) is 4.88 Å². The van der Waals surface area contributed by atoms with Gasteiger partial charge in [0.2, 0.25) is 0 Å². The van der Waals surface area contributed by atoms with E-state index in [1.165, 1.54) is 11.3 Å². The third kappa shape index (κ3) is 3.94. The van der Waals surface area contributed by atoms with E-state index in [4.69, 9.17) is 10.00 Å². The van der Waals surface area contributed by atoms with E-state index in [9.17, 15) is 4.79 Å². The lowest BCUT2D eigenvalue weighted by Gasteiger charge is -2.10. The number of rotatable bonds is 5. The van der Waals surface area contributed by atoms with E-state index in [2.05, 4.69) is 5.32 Å². The average Bonchev–Trinajstić information content (AvgIpc) is 3.00. The maximum Gasteiger partial charge on any atom is 0.266 e. The number of hydrogen-bond donors (Lipinski definition) is 1. The van der Waals surface area contributed by atoms with E-state index in [-0.39, 0.29) is 5.57 Å². The Morgan fingerprint density at radius 2 is 2.19 bits per heavy atom. The summed E-state index contributed by atoms with van der Waals surface area (Å²) in [6.07, 6.45) is 1.57. The third-order valence-electron chi connectivity index (χ3n) is 2.63. The van der Waals surface area contributed by atoms with Gasteiger partial charge < -0.3 is 10.1 Å². The van der Waals surface area contributed by atoms with Crippen LogP contribution in [0.15, 0.2) is 47.4 Å². The normalized spacial score (nSPS) is 10.8. The fraction of sp³-hybridized carbons (Fsp3) is 0.125. The number of ether oxygens (including phenoxy) is 1. The molecule has 1 amide bonds. The molecule has 1 aromatic carbocycles. The number of carbonyl (C=O) groups excluding carboxylic acids is 1. The first-order valence-corrected chi connectivity index (χ1v) is 7.31. The van der Waals surface area contributed by atoms with Crippen molar-refractivity contribution < 1.29 is 9.53 Å². The number of anilines is 1. The Hall–Kier alpha value is -2.58. The number of para-hydroxylation sites is 2. The van der Waals surface area contributed by atoms with Crippen molar-refractivity contribution in [3.8, 4) is 11.8 Å². The predicted octanol–water partition coefficient (Wildman–Crippen LogP) is 3.69. The molecule has 0 aliphatic heterocycles.